The summed E-state index contributed by atoms with van der Waals surface area (Å²) < 4.78 is 0. The van der Waals surface area contributed by atoms with E-state index in [9.17, 15) is 29.1 Å². The minimum absolute atomic E-state index is 0.0930. The molecule has 210 valence electrons. The Hall–Kier alpha value is -3.46. The molecule has 0 aromatic rings. The van der Waals surface area contributed by atoms with Crippen molar-refractivity contribution in [2.45, 2.75) is 82.0 Å². The molecule has 4 atom stereocenters. The van der Waals surface area contributed by atoms with Gasteiger partial charge in [0.05, 0.1) is 6.04 Å². The fourth-order valence-corrected chi connectivity index (χ4v) is 4.00. The number of nitrogens with two attached hydrogens (primary N) is 5. The first kappa shape index (κ1) is 31.6. The average Bonchev–Trinajstić information content (AvgIpc) is 3.32. The highest BCUT2D eigenvalue weighted by atomic mass is 16.4. The zero-order valence-electron chi connectivity index (χ0n) is 21.1. The molecule has 4 amide bonds. The molecule has 0 saturated carbocycles. The van der Waals surface area contributed by atoms with Crippen molar-refractivity contribution in [2.24, 2.45) is 33.7 Å². The van der Waals surface area contributed by atoms with Gasteiger partial charge in [0.15, 0.2) is 5.96 Å². The lowest BCUT2D eigenvalue weighted by molar-refractivity contribution is -0.143. The fourth-order valence-electron chi connectivity index (χ4n) is 4.00. The van der Waals surface area contributed by atoms with Crippen molar-refractivity contribution in [3.8, 4) is 0 Å². The number of likely N-dealkylation sites (tertiary alicyclic amines) is 1. The molecule has 0 radical (unpaired) electrons. The van der Waals surface area contributed by atoms with E-state index in [-0.39, 0.29) is 37.7 Å². The number of nitrogens with one attached hydrogen (secondary N) is 2. The number of aliphatic carboxylic acids is 1. The first-order chi connectivity index (χ1) is 17.5. The van der Waals surface area contributed by atoms with E-state index >= 15 is 0 Å². The maximum absolute atomic E-state index is 13.1. The molecule has 1 aliphatic heterocycles. The number of carbonyl (C=O) groups excluding carboxylic acids is 4. The van der Waals surface area contributed by atoms with Crippen LogP contribution >= 0.6 is 0 Å². The maximum atomic E-state index is 13.1. The van der Waals surface area contributed by atoms with E-state index in [1.807, 2.05) is 0 Å². The number of nitrogens with zero attached hydrogens (tertiary/aromatic N) is 2. The lowest BCUT2D eigenvalue weighted by atomic mass is 10.1. The summed E-state index contributed by atoms with van der Waals surface area (Å²) in [4.78, 5) is 66.8. The summed E-state index contributed by atoms with van der Waals surface area (Å²) in [6, 6.07) is -4.09. The zero-order valence-corrected chi connectivity index (χ0v) is 21.1. The largest absolute Gasteiger partial charge is 0.480 e. The van der Waals surface area contributed by atoms with Crippen molar-refractivity contribution in [2.75, 3.05) is 19.6 Å². The molecule has 1 saturated heterocycles. The SMILES string of the molecule is NCCCCC(N)C(=O)N1CCCC1C(=O)NC(CCCN=C(N)N)C(=O)NC(CCC(N)=O)C(=O)O. The maximum Gasteiger partial charge on any atom is 0.326 e. The lowest BCUT2D eigenvalue weighted by Gasteiger charge is -2.28. The van der Waals surface area contributed by atoms with Crippen molar-refractivity contribution >= 4 is 35.6 Å². The van der Waals surface area contributed by atoms with Crippen molar-refractivity contribution in [1.29, 1.82) is 0 Å². The van der Waals surface area contributed by atoms with E-state index in [4.69, 9.17) is 28.7 Å². The van der Waals surface area contributed by atoms with Crippen LogP contribution in [0.5, 0.6) is 0 Å². The molecular formula is C22H41N9O6. The van der Waals surface area contributed by atoms with Crippen molar-refractivity contribution in [3.63, 3.8) is 0 Å². The van der Waals surface area contributed by atoms with Crippen LogP contribution in [0.4, 0.5) is 0 Å². The number of aliphatic imine (C=N–C) groups is 1. The first-order valence-corrected chi connectivity index (χ1v) is 12.4. The molecule has 0 bridgehead atoms. The van der Waals surface area contributed by atoms with Gasteiger partial charge in [-0.25, -0.2) is 4.79 Å². The number of rotatable bonds is 17. The predicted octanol–water partition coefficient (Wildman–Crippen LogP) is -3.19. The minimum Gasteiger partial charge on any atom is -0.480 e. The summed E-state index contributed by atoms with van der Waals surface area (Å²) in [6.07, 6.45) is 2.79. The standard InChI is InChI=1S/C22H41N9O6/c23-10-2-1-5-13(24)20(35)31-12-4-7-16(31)19(34)29-14(6-3-11-28-22(26)27)18(33)30-15(21(36)37)8-9-17(25)32/h13-16H,1-12,23-24H2,(H2,25,32)(H,29,34)(H,30,33)(H,36,37)(H4,26,27,28). The Balaban J connectivity index is 2.93. The highest BCUT2D eigenvalue weighted by Crippen LogP contribution is 2.20. The zero-order chi connectivity index (χ0) is 28.0. The lowest BCUT2D eigenvalue weighted by Crippen LogP contribution is -2.56. The fraction of sp³-hybridized carbons (Fsp3) is 0.727. The number of primary amides is 1. The quantitative estimate of drug-likeness (QED) is 0.0532. The summed E-state index contributed by atoms with van der Waals surface area (Å²) in [5.41, 5.74) is 27.2. The summed E-state index contributed by atoms with van der Waals surface area (Å²) >= 11 is 0. The topological polar surface area (TPSA) is 275 Å². The van der Waals surface area contributed by atoms with Crippen LogP contribution in [0.2, 0.25) is 0 Å². The van der Waals surface area contributed by atoms with Gasteiger partial charge >= 0.3 is 5.97 Å². The molecule has 1 heterocycles. The van der Waals surface area contributed by atoms with Gasteiger partial charge in [0.2, 0.25) is 23.6 Å². The Kier molecular flexibility index (Phi) is 13.9. The van der Waals surface area contributed by atoms with E-state index in [1.165, 1.54) is 4.90 Å². The van der Waals surface area contributed by atoms with Crippen LogP contribution in [-0.2, 0) is 24.0 Å². The van der Waals surface area contributed by atoms with E-state index < -0.39 is 47.9 Å². The highest BCUT2D eigenvalue weighted by Gasteiger charge is 2.37. The number of guanidine groups is 1. The van der Waals surface area contributed by atoms with Gasteiger partial charge in [0.1, 0.15) is 18.1 Å². The molecule has 0 aromatic heterocycles. The Labute approximate surface area is 215 Å². The molecule has 1 aliphatic rings. The molecule has 37 heavy (non-hydrogen) atoms. The van der Waals surface area contributed by atoms with Crippen LogP contribution in [-0.4, -0.2) is 89.4 Å². The molecule has 0 aromatic carbocycles. The van der Waals surface area contributed by atoms with E-state index in [1.54, 1.807) is 0 Å². The molecule has 0 spiro atoms. The predicted molar refractivity (Wildman–Crippen MR) is 135 cm³/mol. The number of carboxylic acid groups (broad SMARTS) is 1. The number of carbonyl (C=O) groups is 5. The van der Waals surface area contributed by atoms with E-state index in [2.05, 4.69) is 15.6 Å². The normalized spacial score (nSPS) is 17.4. The monoisotopic (exact) mass is 527 g/mol. The van der Waals surface area contributed by atoms with Gasteiger partial charge in [-0.05, 0) is 51.5 Å². The summed E-state index contributed by atoms with van der Waals surface area (Å²) in [5.74, 6) is -3.85. The Bertz CT molecular complexity index is 833. The first-order valence-electron chi connectivity index (χ1n) is 12.4. The van der Waals surface area contributed by atoms with Crippen LogP contribution in [0.1, 0.15) is 57.8 Å². The molecule has 1 fully saturated rings. The number of carboxylic acids is 1. The van der Waals surface area contributed by atoms with Gasteiger partial charge in [-0.2, -0.15) is 0 Å². The number of hydrogen-bond donors (Lipinski definition) is 8. The molecule has 0 aliphatic carbocycles. The Morgan fingerprint density at radius 3 is 2.27 bits per heavy atom. The minimum atomic E-state index is -1.38. The van der Waals surface area contributed by atoms with Crippen LogP contribution < -0.4 is 39.3 Å². The Morgan fingerprint density at radius 2 is 1.68 bits per heavy atom. The Morgan fingerprint density at radius 1 is 0.973 bits per heavy atom. The van der Waals surface area contributed by atoms with Crippen LogP contribution in [0, 0.1) is 0 Å². The second kappa shape index (κ2) is 16.3. The van der Waals surface area contributed by atoms with Crippen LogP contribution in [0.25, 0.3) is 0 Å². The molecule has 13 N–H and O–H groups in total. The smallest absolute Gasteiger partial charge is 0.326 e. The molecular weight excluding hydrogens is 486 g/mol. The molecule has 15 heteroatoms. The highest BCUT2D eigenvalue weighted by molar-refractivity contribution is 5.94. The molecule has 4 unspecified atom stereocenters. The molecule has 15 nitrogen and oxygen atoms in total. The van der Waals surface area contributed by atoms with Gasteiger partial charge in [0, 0.05) is 19.5 Å². The summed E-state index contributed by atoms with van der Waals surface area (Å²) in [6.45, 7) is 1.03. The second-order valence-electron chi connectivity index (χ2n) is 8.99. The number of unbranched alkanes of at least 4 members (excludes halogenated alkanes) is 1. The van der Waals surface area contributed by atoms with Crippen LogP contribution in [0.3, 0.4) is 0 Å². The van der Waals surface area contributed by atoms with Crippen molar-refractivity contribution in [1.82, 2.24) is 15.5 Å². The van der Waals surface area contributed by atoms with Crippen molar-refractivity contribution < 1.29 is 29.1 Å². The van der Waals surface area contributed by atoms with Crippen LogP contribution in [0.15, 0.2) is 4.99 Å². The van der Waals surface area contributed by atoms with Gasteiger partial charge in [0.25, 0.3) is 0 Å². The second-order valence-corrected chi connectivity index (χ2v) is 8.99. The molecule has 1 rings (SSSR count). The third kappa shape index (κ3) is 11.4. The van der Waals surface area contributed by atoms with E-state index in [0.717, 1.165) is 6.42 Å². The third-order valence-electron chi connectivity index (χ3n) is 6.00. The van der Waals surface area contributed by atoms with Gasteiger partial charge in [-0.1, -0.05) is 6.42 Å². The summed E-state index contributed by atoms with van der Waals surface area (Å²) in [7, 11) is 0. The third-order valence-corrected chi connectivity index (χ3v) is 6.00. The van der Waals surface area contributed by atoms with Gasteiger partial charge in [-0.3, -0.25) is 24.2 Å². The number of hydrogen-bond acceptors (Lipinski definition) is 8. The van der Waals surface area contributed by atoms with Gasteiger partial charge in [-0.15, -0.1) is 0 Å². The number of amides is 4. The van der Waals surface area contributed by atoms with Crippen molar-refractivity contribution in [3.05, 3.63) is 0 Å². The van der Waals surface area contributed by atoms with Gasteiger partial charge < -0.3 is 49.3 Å². The average molecular weight is 528 g/mol. The summed E-state index contributed by atoms with van der Waals surface area (Å²) in [5, 5.41) is 14.4. The van der Waals surface area contributed by atoms with E-state index in [0.29, 0.717) is 45.2 Å².